The average molecular weight is 183 g/mol. The van der Waals surface area contributed by atoms with Crippen LogP contribution >= 0.6 is 0 Å². The lowest BCUT2D eigenvalue weighted by Gasteiger charge is -2.04. The molecule has 1 heterocycles. The molecule has 0 bridgehead atoms. The molecule has 0 aliphatic carbocycles. The molecule has 0 aromatic carbocycles. The van der Waals surface area contributed by atoms with Gasteiger partial charge in [0.1, 0.15) is 0 Å². The number of hydrogen-bond acceptors (Lipinski definition) is 6. The van der Waals surface area contributed by atoms with Gasteiger partial charge in [0.2, 0.25) is 5.88 Å². The second-order valence-corrected chi connectivity index (χ2v) is 2.24. The first kappa shape index (κ1) is 9.37. The summed E-state index contributed by atoms with van der Waals surface area (Å²) in [6, 6.07) is 0.154. The van der Waals surface area contributed by atoms with Gasteiger partial charge in [-0.2, -0.15) is 9.97 Å². The van der Waals surface area contributed by atoms with Gasteiger partial charge in [0.15, 0.2) is 5.69 Å². The van der Waals surface area contributed by atoms with Gasteiger partial charge in [0.05, 0.1) is 19.9 Å². The summed E-state index contributed by atoms with van der Waals surface area (Å²) in [4.78, 5) is 18.0. The van der Waals surface area contributed by atoms with Crippen LogP contribution < -0.4 is 9.47 Å². The summed E-state index contributed by atoms with van der Waals surface area (Å²) < 4.78 is 9.63. The van der Waals surface area contributed by atoms with Crippen molar-refractivity contribution in [2.75, 3.05) is 14.2 Å². The van der Waals surface area contributed by atoms with E-state index in [1.807, 2.05) is 0 Å². The van der Waals surface area contributed by atoms with Gasteiger partial charge in [-0.05, 0) is 12.1 Å². The van der Waals surface area contributed by atoms with Crippen LogP contribution in [0.2, 0.25) is 0 Å². The Bertz CT molecular complexity index is 327. The zero-order valence-electron chi connectivity index (χ0n) is 7.57. The molecular weight excluding hydrogens is 174 g/mol. The van der Waals surface area contributed by atoms with Gasteiger partial charge >= 0.3 is 6.01 Å². The van der Waals surface area contributed by atoms with Gasteiger partial charge in [-0.3, -0.25) is 0 Å². The van der Waals surface area contributed by atoms with Crippen molar-refractivity contribution < 1.29 is 9.47 Å². The van der Waals surface area contributed by atoms with E-state index in [9.17, 15) is 4.91 Å². The Hall–Kier alpha value is -1.72. The number of aromatic nitrogens is 2. The molecule has 6 nitrogen and oxygen atoms in total. The van der Waals surface area contributed by atoms with E-state index in [4.69, 9.17) is 9.47 Å². The van der Waals surface area contributed by atoms with E-state index in [0.29, 0.717) is 5.69 Å². The molecule has 0 fully saturated rings. The average Bonchev–Trinajstić information content (AvgIpc) is 2.16. The van der Waals surface area contributed by atoms with Crippen LogP contribution in [0.25, 0.3) is 0 Å². The highest BCUT2D eigenvalue weighted by atomic mass is 16.5. The fourth-order valence-corrected chi connectivity index (χ4v) is 0.855. The lowest BCUT2D eigenvalue weighted by molar-refractivity contribution is 0.352. The van der Waals surface area contributed by atoms with Crippen LogP contribution in [0.1, 0.15) is 5.69 Å². The molecule has 0 spiro atoms. The molecule has 1 aromatic heterocycles. The summed E-state index contributed by atoms with van der Waals surface area (Å²) in [6.45, 7) is 1.63. The van der Waals surface area contributed by atoms with Crippen molar-refractivity contribution >= 4 is 5.69 Å². The highest BCUT2D eigenvalue weighted by Gasteiger charge is 2.12. The Kier molecular flexibility index (Phi) is 2.73. The van der Waals surface area contributed by atoms with E-state index in [1.54, 1.807) is 6.92 Å². The number of rotatable bonds is 3. The number of nitroso groups, excluding NO2 is 1. The molecule has 0 unspecified atom stereocenters. The topological polar surface area (TPSA) is 73.7 Å². The minimum atomic E-state index is 0.100. The lowest BCUT2D eigenvalue weighted by Crippen LogP contribution is -1.97. The van der Waals surface area contributed by atoms with Crippen molar-refractivity contribution in [1.82, 2.24) is 9.97 Å². The summed E-state index contributed by atoms with van der Waals surface area (Å²) >= 11 is 0. The van der Waals surface area contributed by atoms with E-state index in [2.05, 4.69) is 15.1 Å². The third-order valence-electron chi connectivity index (χ3n) is 1.47. The fraction of sp³-hybridized carbons (Fsp3) is 0.429. The molecule has 0 aliphatic rings. The molecule has 0 saturated heterocycles. The maximum absolute atomic E-state index is 10.4. The molecule has 1 aromatic rings. The maximum atomic E-state index is 10.4. The van der Waals surface area contributed by atoms with Crippen LogP contribution in [-0.4, -0.2) is 24.2 Å². The SMILES string of the molecule is COc1nc(C)c(N=O)c(OC)n1. The molecule has 0 aliphatic heterocycles. The third-order valence-corrected chi connectivity index (χ3v) is 1.47. The van der Waals surface area contributed by atoms with Crippen molar-refractivity contribution in [3.8, 4) is 11.9 Å². The Labute approximate surface area is 74.9 Å². The first-order valence-corrected chi connectivity index (χ1v) is 3.53. The van der Waals surface area contributed by atoms with Crippen LogP contribution in [0.15, 0.2) is 5.18 Å². The van der Waals surface area contributed by atoms with Crippen molar-refractivity contribution in [3.05, 3.63) is 10.6 Å². The van der Waals surface area contributed by atoms with E-state index in [0.717, 1.165) is 0 Å². The predicted octanol–water partition coefficient (Wildman–Crippen LogP) is 1.20. The van der Waals surface area contributed by atoms with E-state index in [-0.39, 0.29) is 17.6 Å². The molecule has 13 heavy (non-hydrogen) atoms. The predicted molar refractivity (Wildman–Crippen MR) is 45.3 cm³/mol. The molecular formula is C7H9N3O3. The summed E-state index contributed by atoms with van der Waals surface area (Å²) in [5.41, 5.74) is 0.530. The number of nitrogens with zero attached hydrogens (tertiary/aromatic N) is 3. The van der Waals surface area contributed by atoms with Crippen molar-refractivity contribution in [2.45, 2.75) is 6.92 Å². The van der Waals surface area contributed by atoms with Crippen LogP contribution in [0.4, 0.5) is 5.69 Å². The highest BCUT2D eigenvalue weighted by Crippen LogP contribution is 2.28. The summed E-state index contributed by atoms with van der Waals surface area (Å²) in [5.74, 6) is 0.124. The molecule has 0 N–H and O–H groups in total. The number of ether oxygens (including phenoxy) is 2. The zero-order valence-corrected chi connectivity index (χ0v) is 7.57. The monoisotopic (exact) mass is 183 g/mol. The number of aryl methyl sites for hydroxylation is 1. The Morgan fingerprint density at radius 1 is 1.23 bits per heavy atom. The smallest absolute Gasteiger partial charge is 0.319 e. The molecule has 1 rings (SSSR count). The second-order valence-electron chi connectivity index (χ2n) is 2.24. The quantitative estimate of drug-likeness (QED) is 0.658. The molecule has 0 radical (unpaired) electrons. The van der Waals surface area contributed by atoms with E-state index >= 15 is 0 Å². The van der Waals surface area contributed by atoms with Gasteiger partial charge in [-0.25, -0.2) is 0 Å². The number of hydrogen-bond donors (Lipinski definition) is 0. The normalized spacial score (nSPS) is 9.46. The lowest BCUT2D eigenvalue weighted by atomic mass is 10.4. The highest BCUT2D eigenvalue weighted by molar-refractivity contribution is 5.51. The Morgan fingerprint density at radius 2 is 1.92 bits per heavy atom. The van der Waals surface area contributed by atoms with Crippen molar-refractivity contribution in [1.29, 1.82) is 0 Å². The molecule has 6 heteroatoms. The summed E-state index contributed by atoms with van der Waals surface area (Å²) in [5, 5.41) is 2.76. The van der Waals surface area contributed by atoms with Gasteiger partial charge in [0.25, 0.3) is 0 Å². The second kappa shape index (κ2) is 3.79. The van der Waals surface area contributed by atoms with Crippen molar-refractivity contribution in [2.24, 2.45) is 5.18 Å². The third kappa shape index (κ3) is 1.71. The van der Waals surface area contributed by atoms with Crippen molar-refractivity contribution in [3.63, 3.8) is 0 Å². The van der Waals surface area contributed by atoms with Gasteiger partial charge in [0, 0.05) is 0 Å². The number of methoxy groups -OCH3 is 2. The first-order valence-electron chi connectivity index (χ1n) is 3.53. The standard InChI is InChI=1S/C7H9N3O3/c1-4-5(10-11)6(12-2)9-7(8-4)13-3/h1-3H3. The maximum Gasteiger partial charge on any atom is 0.319 e. The summed E-state index contributed by atoms with van der Waals surface area (Å²) in [6.07, 6.45) is 0. The summed E-state index contributed by atoms with van der Waals surface area (Å²) in [7, 11) is 2.83. The first-order chi connectivity index (χ1) is 6.22. The zero-order chi connectivity index (χ0) is 9.84. The van der Waals surface area contributed by atoms with Crippen LogP contribution in [0, 0.1) is 11.8 Å². The Balaban J connectivity index is 3.28. The fourth-order valence-electron chi connectivity index (χ4n) is 0.855. The van der Waals surface area contributed by atoms with Crippen LogP contribution in [0.3, 0.4) is 0 Å². The van der Waals surface area contributed by atoms with Gasteiger partial charge in [-0.15, -0.1) is 4.91 Å². The molecule has 0 atom stereocenters. The molecule has 0 amide bonds. The molecule has 70 valence electrons. The van der Waals surface area contributed by atoms with Gasteiger partial charge in [-0.1, -0.05) is 0 Å². The Morgan fingerprint density at radius 3 is 2.38 bits per heavy atom. The van der Waals surface area contributed by atoms with Gasteiger partial charge < -0.3 is 9.47 Å². The van der Waals surface area contributed by atoms with E-state index in [1.165, 1.54) is 14.2 Å². The largest absolute Gasteiger partial charge is 0.479 e. The van der Waals surface area contributed by atoms with E-state index < -0.39 is 0 Å². The van der Waals surface area contributed by atoms with Crippen LogP contribution in [-0.2, 0) is 0 Å². The molecule has 0 saturated carbocycles. The minimum absolute atomic E-state index is 0.100. The van der Waals surface area contributed by atoms with Crippen LogP contribution in [0.5, 0.6) is 11.9 Å². The minimum Gasteiger partial charge on any atom is -0.479 e.